The first-order valence-corrected chi connectivity index (χ1v) is 13.2. The lowest BCUT2D eigenvalue weighted by molar-refractivity contribution is -0.118. The molecule has 0 spiro atoms. The highest BCUT2D eigenvalue weighted by Gasteiger charge is 2.25. The number of amides is 1. The van der Waals surface area contributed by atoms with Crippen molar-refractivity contribution in [2.75, 3.05) is 11.4 Å². The van der Waals surface area contributed by atoms with E-state index in [9.17, 15) is 4.79 Å². The van der Waals surface area contributed by atoms with Crippen LogP contribution in [0.2, 0.25) is 5.02 Å². The van der Waals surface area contributed by atoms with Crippen molar-refractivity contribution in [2.45, 2.75) is 32.2 Å². The Kier molecular flexibility index (Phi) is 8.98. The third-order valence-corrected chi connectivity index (χ3v) is 7.55. The molecule has 5 rings (SSSR count). The predicted molar refractivity (Wildman–Crippen MR) is 155 cm³/mol. The van der Waals surface area contributed by atoms with Gasteiger partial charge in [0, 0.05) is 42.8 Å². The first-order valence-electron chi connectivity index (χ1n) is 12.0. The van der Waals surface area contributed by atoms with Crippen LogP contribution in [0.3, 0.4) is 0 Å². The molecule has 2 heterocycles. The number of nitrogens with zero attached hydrogens (tertiary/aromatic N) is 4. The molecule has 0 radical (unpaired) electrons. The van der Waals surface area contributed by atoms with E-state index in [-0.39, 0.29) is 24.2 Å². The van der Waals surface area contributed by atoms with E-state index >= 15 is 0 Å². The molecule has 0 atom stereocenters. The SMILES string of the molecule is Cc1cc(Cl)cc2sc(N(CCCn3ccnc3)C(=O)CC(c3ccccc3)c3ccccc3)nc12.Cl. The van der Waals surface area contributed by atoms with Gasteiger partial charge in [-0.05, 0) is 42.2 Å². The normalized spacial score (nSPS) is 11.0. The highest BCUT2D eigenvalue weighted by molar-refractivity contribution is 7.22. The number of anilines is 1. The molecule has 0 N–H and O–H groups in total. The number of thiazole rings is 1. The van der Waals surface area contributed by atoms with Gasteiger partial charge in [-0.3, -0.25) is 9.69 Å². The summed E-state index contributed by atoms with van der Waals surface area (Å²) in [6.07, 6.45) is 6.66. The molecule has 0 aliphatic rings. The van der Waals surface area contributed by atoms with Crippen LogP contribution in [0.4, 0.5) is 5.13 Å². The summed E-state index contributed by atoms with van der Waals surface area (Å²) in [5.41, 5.74) is 4.16. The number of aryl methyl sites for hydroxylation is 2. The first kappa shape index (κ1) is 26.9. The van der Waals surface area contributed by atoms with Crippen molar-refractivity contribution in [3.05, 3.63) is 113 Å². The minimum absolute atomic E-state index is 0. The fraction of sp³-hybridized carbons (Fsp3) is 0.207. The number of hydrogen-bond acceptors (Lipinski definition) is 4. The van der Waals surface area contributed by atoms with Gasteiger partial charge in [-0.15, -0.1) is 12.4 Å². The third-order valence-electron chi connectivity index (χ3n) is 6.31. The molecule has 3 aromatic carbocycles. The molecule has 0 aliphatic carbocycles. The molecule has 5 aromatic rings. The molecule has 0 unspecified atom stereocenters. The number of hydrogen-bond donors (Lipinski definition) is 0. The summed E-state index contributed by atoms with van der Waals surface area (Å²) in [7, 11) is 0. The average molecular weight is 552 g/mol. The Hall–Kier alpha value is -3.19. The maximum atomic E-state index is 14.0. The molecule has 0 aliphatic heterocycles. The molecule has 2 aromatic heterocycles. The molecule has 0 saturated carbocycles. The zero-order valence-electron chi connectivity index (χ0n) is 20.5. The molecule has 0 fully saturated rings. The molecule has 8 heteroatoms. The Balaban J connectivity index is 0.00000320. The van der Waals surface area contributed by atoms with Crippen LogP contribution in [0.5, 0.6) is 0 Å². The minimum Gasteiger partial charge on any atom is -0.337 e. The van der Waals surface area contributed by atoms with Crippen LogP contribution in [0, 0.1) is 6.92 Å². The number of fused-ring (bicyclic) bond motifs is 1. The van der Waals surface area contributed by atoms with Crippen molar-refractivity contribution < 1.29 is 4.79 Å². The van der Waals surface area contributed by atoms with Crippen LogP contribution >= 0.6 is 35.3 Å². The Bertz CT molecular complexity index is 1400. The lowest BCUT2D eigenvalue weighted by Gasteiger charge is -2.24. The Morgan fingerprint density at radius 3 is 2.35 bits per heavy atom. The fourth-order valence-corrected chi connectivity index (χ4v) is 5.96. The van der Waals surface area contributed by atoms with Gasteiger partial charge in [-0.25, -0.2) is 9.97 Å². The van der Waals surface area contributed by atoms with Crippen molar-refractivity contribution in [1.82, 2.24) is 14.5 Å². The molecule has 0 bridgehead atoms. The summed E-state index contributed by atoms with van der Waals surface area (Å²) in [5.74, 6) is 0.0164. The van der Waals surface area contributed by atoms with Gasteiger partial charge in [0.1, 0.15) is 0 Å². The lowest BCUT2D eigenvalue weighted by atomic mass is 9.88. The van der Waals surface area contributed by atoms with Crippen LogP contribution in [0.1, 0.15) is 35.4 Å². The number of aromatic nitrogens is 3. The standard InChI is InChI=1S/C29H27ClN4OS.ClH/c1-21-17-24(30)18-26-28(21)32-29(36-26)34(15-8-14-33-16-13-31-20-33)27(35)19-25(22-9-4-2-5-10-22)23-11-6-3-7-12-23;/h2-7,9-13,16-18,20,25H,8,14-15,19H2,1H3;1H. The smallest absolute Gasteiger partial charge is 0.229 e. The number of imidazole rings is 1. The molecule has 1 amide bonds. The van der Waals surface area contributed by atoms with Gasteiger partial charge in [0.15, 0.2) is 5.13 Å². The van der Waals surface area contributed by atoms with Crippen LogP contribution < -0.4 is 4.90 Å². The summed E-state index contributed by atoms with van der Waals surface area (Å²) in [5, 5.41) is 1.40. The lowest BCUT2D eigenvalue weighted by Crippen LogP contribution is -2.33. The zero-order valence-corrected chi connectivity index (χ0v) is 22.8. The van der Waals surface area contributed by atoms with Gasteiger partial charge < -0.3 is 4.57 Å². The van der Waals surface area contributed by atoms with Crippen molar-refractivity contribution >= 4 is 56.6 Å². The van der Waals surface area contributed by atoms with Crippen LogP contribution in [0.15, 0.2) is 91.5 Å². The van der Waals surface area contributed by atoms with Gasteiger partial charge in [0.2, 0.25) is 5.91 Å². The fourth-order valence-electron chi connectivity index (χ4n) is 4.50. The summed E-state index contributed by atoms with van der Waals surface area (Å²) in [6.45, 7) is 3.35. The van der Waals surface area contributed by atoms with E-state index in [0.717, 1.165) is 39.9 Å². The quantitative estimate of drug-likeness (QED) is 0.190. The van der Waals surface area contributed by atoms with E-state index < -0.39 is 0 Å². The molecule has 190 valence electrons. The molecular formula is C29H28Cl2N4OS. The summed E-state index contributed by atoms with van der Waals surface area (Å²) >= 11 is 7.83. The van der Waals surface area contributed by atoms with Gasteiger partial charge in [-0.1, -0.05) is 83.6 Å². The Morgan fingerprint density at radius 2 is 1.73 bits per heavy atom. The largest absolute Gasteiger partial charge is 0.337 e. The summed E-state index contributed by atoms with van der Waals surface area (Å²) < 4.78 is 3.02. The summed E-state index contributed by atoms with van der Waals surface area (Å²) in [6, 6.07) is 24.3. The van der Waals surface area contributed by atoms with Crippen LogP contribution in [-0.2, 0) is 11.3 Å². The van der Waals surface area contributed by atoms with Crippen molar-refractivity contribution in [1.29, 1.82) is 0 Å². The third kappa shape index (κ3) is 6.39. The maximum absolute atomic E-state index is 14.0. The highest BCUT2D eigenvalue weighted by Crippen LogP contribution is 2.35. The number of benzene rings is 3. The Morgan fingerprint density at radius 1 is 1.05 bits per heavy atom. The highest BCUT2D eigenvalue weighted by atomic mass is 35.5. The van der Waals surface area contributed by atoms with Gasteiger partial charge in [0.05, 0.1) is 16.5 Å². The van der Waals surface area contributed by atoms with Gasteiger partial charge in [0.25, 0.3) is 0 Å². The van der Waals surface area contributed by atoms with E-state index in [4.69, 9.17) is 16.6 Å². The second kappa shape index (κ2) is 12.4. The zero-order chi connectivity index (χ0) is 24.9. The number of rotatable bonds is 9. The first-order chi connectivity index (χ1) is 17.6. The van der Waals surface area contributed by atoms with Crippen LogP contribution in [0.25, 0.3) is 10.2 Å². The van der Waals surface area contributed by atoms with E-state index in [0.29, 0.717) is 23.1 Å². The van der Waals surface area contributed by atoms with Gasteiger partial charge in [-0.2, -0.15) is 0 Å². The molecule has 5 nitrogen and oxygen atoms in total. The summed E-state index contributed by atoms with van der Waals surface area (Å²) in [4.78, 5) is 24.8. The van der Waals surface area contributed by atoms with Crippen molar-refractivity contribution in [2.24, 2.45) is 0 Å². The van der Waals surface area contributed by atoms with E-state index in [2.05, 4.69) is 29.2 Å². The van der Waals surface area contributed by atoms with E-state index in [1.165, 1.54) is 11.3 Å². The molecule has 0 saturated heterocycles. The van der Waals surface area contributed by atoms with E-state index in [1.807, 2.05) is 71.1 Å². The molecular weight excluding hydrogens is 523 g/mol. The predicted octanol–water partition coefficient (Wildman–Crippen LogP) is 7.52. The monoisotopic (exact) mass is 550 g/mol. The topological polar surface area (TPSA) is 51.0 Å². The second-order valence-corrected chi connectivity index (χ2v) is 10.3. The number of carbonyl (C=O) groups excluding carboxylic acids is 1. The van der Waals surface area contributed by atoms with E-state index in [1.54, 1.807) is 12.5 Å². The second-order valence-electron chi connectivity index (χ2n) is 8.84. The number of carbonyl (C=O) groups is 1. The average Bonchev–Trinajstić information content (AvgIpc) is 3.56. The van der Waals surface area contributed by atoms with Gasteiger partial charge >= 0.3 is 0 Å². The maximum Gasteiger partial charge on any atom is 0.229 e. The number of halogens is 2. The molecule has 37 heavy (non-hydrogen) atoms. The van der Waals surface area contributed by atoms with Crippen molar-refractivity contribution in [3.8, 4) is 0 Å². The van der Waals surface area contributed by atoms with Crippen molar-refractivity contribution in [3.63, 3.8) is 0 Å². The minimum atomic E-state index is -0.0402. The van der Waals surface area contributed by atoms with Crippen LogP contribution in [-0.4, -0.2) is 27.0 Å². The Labute approximate surface area is 232 Å².